The Morgan fingerprint density at radius 3 is 2.40 bits per heavy atom. The summed E-state index contributed by atoms with van der Waals surface area (Å²) in [5.74, 6) is 0.353. The first-order valence-corrected chi connectivity index (χ1v) is 13.3. The van der Waals surface area contributed by atoms with Crippen LogP contribution in [0.3, 0.4) is 0 Å². The molecule has 0 amide bonds. The second kappa shape index (κ2) is 7.39. The van der Waals surface area contributed by atoms with Gasteiger partial charge in [0.2, 0.25) is 0 Å². The summed E-state index contributed by atoms with van der Waals surface area (Å²) in [6.45, 7) is 7.66. The summed E-state index contributed by atoms with van der Waals surface area (Å²) in [4.78, 5) is 0. The van der Waals surface area contributed by atoms with Crippen LogP contribution in [0.25, 0.3) is 0 Å². The smallest absolute Gasteiger partial charge is 0.187 e. The molecule has 14 atom stereocenters. The zero-order chi connectivity index (χ0) is 25.3. The molecule has 9 nitrogen and oxygen atoms in total. The van der Waals surface area contributed by atoms with Gasteiger partial charge in [0.05, 0.1) is 30.0 Å². The maximum absolute atomic E-state index is 11.3. The van der Waals surface area contributed by atoms with E-state index in [0.717, 1.165) is 19.3 Å². The molecule has 200 valence electrons. The largest absolute Gasteiger partial charge is 0.394 e. The SMILES string of the molecule is C[C@H]1[C@@H]2C[C@H](O)C(C)(C)[C@]23O[C@]12CC[C@@H]1C[C@@]2(C[C@H]3O[C@@H]2O[C@H](CO)[C@@H](O)[C@H](O)[C@H]2O)C[C@@]1(C)O. The van der Waals surface area contributed by atoms with Crippen molar-refractivity contribution >= 4 is 0 Å². The van der Waals surface area contributed by atoms with E-state index >= 15 is 0 Å². The summed E-state index contributed by atoms with van der Waals surface area (Å²) in [5.41, 5.74) is -3.00. The number of ether oxygens (including phenoxy) is 3. The summed E-state index contributed by atoms with van der Waals surface area (Å²) in [6, 6.07) is 0. The van der Waals surface area contributed by atoms with Crippen LogP contribution in [0.2, 0.25) is 0 Å². The molecule has 6 N–H and O–H groups in total. The lowest BCUT2D eigenvalue weighted by Gasteiger charge is -2.61. The van der Waals surface area contributed by atoms with Gasteiger partial charge >= 0.3 is 0 Å². The average molecular weight is 499 g/mol. The molecular formula is C26H42O9. The van der Waals surface area contributed by atoms with E-state index in [0.29, 0.717) is 19.3 Å². The lowest BCUT2D eigenvalue weighted by molar-refractivity contribution is -0.363. The maximum Gasteiger partial charge on any atom is 0.187 e. The van der Waals surface area contributed by atoms with E-state index in [-0.39, 0.29) is 23.2 Å². The Morgan fingerprint density at radius 1 is 1.00 bits per heavy atom. The van der Waals surface area contributed by atoms with Gasteiger partial charge in [-0.1, -0.05) is 20.8 Å². The Bertz CT molecular complexity index is 877. The fourth-order valence-corrected chi connectivity index (χ4v) is 9.85. The van der Waals surface area contributed by atoms with Gasteiger partial charge in [-0.3, -0.25) is 0 Å². The van der Waals surface area contributed by atoms with Gasteiger partial charge in [0.15, 0.2) is 6.29 Å². The molecule has 6 fully saturated rings. The lowest BCUT2D eigenvalue weighted by Crippen LogP contribution is -2.68. The third-order valence-corrected chi connectivity index (χ3v) is 11.7. The minimum atomic E-state index is -1.53. The van der Waals surface area contributed by atoms with Gasteiger partial charge in [-0.15, -0.1) is 0 Å². The first kappa shape index (κ1) is 24.9. The fourth-order valence-electron chi connectivity index (χ4n) is 9.85. The molecule has 3 heterocycles. The highest BCUT2D eigenvalue weighted by molar-refractivity contribution is 5.31. The van der Waals surface area contributed by atoms with E-state index in [1.54, 1.807) is 0 Å². The average Bonchev–Trinajstić information content (AvgIpc) is 3.23. The van der Waals surface area contributed by atoms with Crippen LogP contribution in [-0.4, -0.2) is 97.0 Å². The molecule has 0 unspecified atom stereocenters. The number of hydrogen-bond acceptors (Lipinski definition) is 9. The quantitative estimate of drug-likeness (QED) is 0.318. The molecule has 3 aliphatic heterocycles. The van der Waals surface area contributed by atoms with Gasteiger partial charge in [-0.25, -0.2) is 0 Å². The highest BCUT2D eigenvalue weighted by Gasteiger charge is 2.83. The van der Waals surface area contributed by atoms with Crippen molar-refractivity contribution in [2.75, 3.05) is 6.61 Å². The Hall–Kier alpha value is -0.360. The highest BCUT2D eigenvalue weighted by atomic mass is 16.7. The van der Waals surface area contributed by atoms with Crippen molar-refractivity contribution in [3.8, 4) is 0 Å². The number of aliphatic hydroxyl groups is 6. The monoisotopic (exact) mass is 498 g/mol. The lowest BCUT2D eigenvalue weighted by atomic mass is 9.57. The van der Waals surface area contributed by atoms with E-state index < -0.39 is 71.7 Å². The molecule has 3 saturated heterocycles. The highest BCUT2D eigenvalue weighted by Crippen LogP contribution is 2.78. The van der Waals surface area contributed by atoms with Gasteiger partial charge in [0.25, 0.3) is 0 Å². The Morgan fingerprint density at radius 2 is 1.71 bits per heavy atom. The second-order valence-corrected chi connectivity index (χ2v) is 13.4. The summed E-state index contributed by atoms with van der Waals surface area (Å²) in [5, 5.41) is 63.6. The molecule has 9 heteroatoms. The van der Waals surface area contributed by atoms with Crippen LogP contribution >= 0.6 is 0 Å². The van der Waals surface area contributed by atoms with Gasteiger partial charge in [0, 0.05) is 10.8 Å². The summed E-state index contributed by atoms with van der Waals surface area (Å²) in [7, 11) is 0. The number of aliphatic hydroxyl groups excluding tert-OH is 5. The van der Waals surface area contributed by atoms with Crippen molar-refractivity contribution < 1.29 is 44.8 Å². The Kier molecular flexibility index (Phi) is 5.27. The minimum Gasteiger partial charge on any atom is -0.394 e. The van der Waals surface area contributed by atoms with E-state index in [4.69, 9.17) is 14.2 Å². The van der Waals surface area contributed by atoms with E-state index in [9.17, 15) is 30.6 Å². The van der Waals surface area contributed by atoms with Crippen LogP contribution in [-0.2, 0) is 14.2 Å². The molecule has 0 aromatic heterocycles. The first-order chi connectivity index (χ1) is 16.3. The van der Waals surface area contributed by atoms with Crippen LogP contribution < -0.4 is 0 Å². The molecule has 3 saturated carbocycles. The van der Waals surface area contributed by atoms with Crippen LogP contribution in [0.1, 0.15) is 66.2 Å². The van der Waals surface area contributed by atoms with Crippen molar-refractivity contribution in [2.24, 2.45) is 28.6 Å². The van der Waals surface area contributed by atoms with Crippen LogP contribution in [0, 0.1) is 28.6 Å². The predicted octanol–water partition coefficient (Wildman–Crippen LogP) is 0.0673. The Balaban J connectivity index is 1.43. The fraction of sp³-hybridized carbons (Fsp3) is 1.00. The van der Waals surface area contributed by atoms with Gasteiger partial charge < -0.3 is 44.8 Å². The third-order valence-electron chi connectivity index (χ3n) is 11.7. The van der Waals surface area contributed by atoms with Gasteiger partial charge in [-0.05, 0) is 63.2 Å². The molecule has 0 aromatic rings. The zero-order valence-corrected chi connectivity index (χ0v) is 21.1. The molecule has 0 aromatic carbocycles. The molecule has 3 aliphatic carbocycles. The predicted molar refractivity (Wildman–Crippen MR) is 122 cm³/mol. The molecule has 6 rings (SSSR count). The molecule has 3 spiro atoms. The normalized spacial score (nSPS) is 62.6. The van der Waals surface area contributed by atoms with Crippen molar-refractivity contribution in [2.45, 2.75) is 126 Å². The third kappa shape index (κ3) is 2.80. The van der Waals surface area contributed by atoms with E-state index in [1.165, 1.54) is 0 Å². The summed E-state index contributed by atoms with van der Waals surface area (Å²) >= 11 is 0. The van der Waals surface area contributed by atoms with Crippen molar-refractivity contribution in [3.63, 3.8) is 0 Å². The maximum atomic E-state index is 11.3. The number of fused-ring (bicyclic) bond motifs is 1. The molecular weight excluding hydrogens is 456 g/mol. The van der Waals surface area contributed by atoms with E-state index in [1.807, 2.05) is 20.8 Å². The van der Waals surface area contributed by atoms with Crippen molar-refractivity contribution in [1.82, 2.24) is 0 Å². The number of hydrogen-bond donors (Lipinski definition) is 6. The van der Waals surface area contributed by atoms with E-state index in [2.05, 4.69) is 6.92 Å². The van der Waals surface area contributed by atoms with Gasteiger partial charge in [0.1, 0.15) is 30.0 Å². The van der Waals surface area contributed by atoms with Crippen molar-refractivity contribution in [3.05, 3.63) is 0 Å². The van der Waals surface area contributed by atoms with Gasteiger partial charge in [-0.2, -0.15) is 0 Å². The van der Waals surface area contributed by atoms with Crippen LogP contribution in [0.5, 0.6) is 0 Å². The first-order valence-electron chi connectivity index (χ1n) is 13.3. The zero-order valence-electron chi connectivity index (χ0n) is 21.1. The standard InChI is InChI=1S/C26H42O9/c1-12-14-7-16(28)22(2,3)26(14)17(34-21-20(31)19(30)18(29)15(10-27)33-21)9-24-8-13(23(4,32)11-24)5-6-25(12,24)35-26/h12-21,27-32H,5-11H2,1-4H3/t12-,13+,14-,15+,16-,17+,18+,19-,20+,21-,23+,24+,25+,26-/m0/s1. The Labute approximate surface area is 206 Å². The van der Waals surface area contributed by atoms with Crippen molar-refractivity contribution in [1.29, 1.82) is 0 Å². The molecule has 0 radical (unpaired) electrons. The molecule has 4 bridgehead atoms. The van der Waals surface area contributed by atoms with Crippen LogP contribution in [0.4, 0.5) is 0 Å². The molecule has 6 aliphatic rings. The summed E-state index contributed by atoms with van der Waals surface area (Å²) in [6.07, 6.45) is -3.62. The number of rotatable bonds is 3. The van der Waals surface area contributed by atoms with Crippen LogP contribution in [0.15, 0.2) is 0 Å². The molecule has 35 heavy (non-hydrogen) atoms. The second-order valence-electron chi connectivity index (χ2n) is 13.4. The topological polar surface area (TPSA) is 149 Å². The minimum absolute atomic E-state index is 0.0175. The summed E-state index contributed by atoms with van der Waals surface area (Å²) < 4.78 is 19.6.